The molecule has 4 aliphatic heterocycles. The number of carbonyl (C=O) groups is 1. The van der Waals surface area contributed by atoms with Crippen molar-refractivity contribution in [3.63, 3.8) is 0 Å². The molecule has 0 spiro atoms. The molecular formula is C20H20F2N4O. The van der Waals surface area contributed by atoms with E-state index in [1.165, 1.54) is 18.3 Å². The Balaban J connectivity index is 1.55. The van der Waals surface area contributed by atoms with Crippen molar-refractivity contribution in [2.75, 3.05) is 19.6 Å². The van der Waals surface area contributed by atoms with E-state index in [-0.39, 0.29) is 23.9 Å². The number of hydrogen-bond donors (Lipinski definition) is 0. The second-order valence-corrected chi connectivity index (χ2v) is 7.73. The number of carbonyl (C=O) groups excluding carboxylic acids is 1. The zero-order chi connectivity index (χ0) is 18.5. The van der Waals surface area contributed by atoms with E-state index in [9.17, 15) is 13.6 Å². The topological polar surface area (TPSA) is 49.3 Å². The first-order valence-corrected chi connectivity index (χ1v) is 9.40. The molecule has 5 nitrogen and oxygen atoms in total. The zero-order valence-corrected chi connectivity index (χ0v) is 14.8. The van der Waals surface area contributed by atoms with Crippen LogP contribution in [0.5, 0.6) is 0 Å². The number of amides is 1. The second-order valence-electron chi connectivity index (χ2n) is 7.73. The molecule has 0 saturated carbocycles. The van der Waals surface area contributed by atoms with Crippen molar-refractivity contribution in [3.05, 3.63) is 59.4 Å². The molecule has 0 N–H and O–H groups in total. The highest BCUT2D eigenvalue weighted by Gasteiger charge is 2.54. The summed E-state index contributed by atoms with van der Waals surface area (Å²) in [5.41, 5.74) is 0.947. The largest absolute Gasteiger partial charge is 0.332 e. The van der Waals surface area contributed by atoms with Gasteiger partial charge in [-0.1, -0.05) is 0 Å². The van der Waals surface area contributed by atoms with E-state index in [1.54, 1.807) is 12.1 Å². The van der Waals surface area contributed by atoms with Crippen molar-refractivity contribution in [1.29, 1.82) is 0 Å². The molecule has 0 unspecified atom stereocenters. The first-order chi connectivity index (χ1) is 13.1. The van der Waals surface area contributed by atoms with Gasteiger partial charge in [0.15, 0.2) is 5.69 Å². The fourth-order valence-electron chi connectivity index (χ4n) is 5.30. The first-order valence-electron chi connectivity index (χ1n) is 9.40. The van der Waals surface area contributed by atoms with Crippen LogP contribution in [0.2, 0.25) is 0 Å². The average molecular weight is 370 g/mol. The van der Waals surface area contributed by atoms with Crippen molar-refractivity contribution in [2.24, 2.45) is 5.92 Å². The van der Waals surface area contributed by atoms with Gasteiger partial charge < -0.3 is 4.90 Å². The summed E-state index contributed by atoms with van der Waals surface area (Å²) in [6.07, 6.45) is 3.64. The molecule has 0 aliphatic carbocycles. The Bertz CT molecular complexity index is 849. The van der Waals surface area contributed by atoms with Crippen molar-refractivity contribution >= 4 is 5.91 Å². The van der Waals surface area contributed by atoms with Gasteiger partial charge in [0.1, 0.15) is 11.6 Å². The number of rotatable bonds is 2. The molecule has 5 heterocycles. The van der Waals surface area contributed by atoms with Gasteiger partial charge in [0.2, 0.25) is 0 Å². The number of halogens is 2. The third-order valence-corrected chi connectivity index (χ3v) is 6.36. The molecule has 4 fully saturated rings. The summed E-state index contributed by atoms with van der Waals surface area (Å²) in [5.74, 6) is -0.980. The monoisotopic (exact) mass is 370 g/mol. The van der Waals surface area contributed by atoms with Crippen LogP contribution in [-0.2, 0) is 0 Å². The first kappa shape index (κ1) is 16.7. The molecule has 0 radical (unpaired) electrons. The lowest BCUT2D eigenvalue weighted by molar-refractivity contribution is -0.00364. The Hall–Kier alpha value is -2.41. The van der Waals surface area contributed by atoms with Gasteiger partial charge in [-0.25, -0.2) is 8.78 Å². The lowest BCUT2D eigenvalue weighted by atomic mass is 9.75. The van der Waals surface area contributed by atoms with Crippen LogP contribution in [0.15, 0.2) is 36.5 Å². The van der Waals surface area contributed by atoms with Crippen LogP contribution in [0.25, 0.3) is 0 Å². The van der Waals surface area contributed by atoms with Crippen molar-refractivity contribution in [2.45, 2.75) is 30.8 Å². The predicted molar refractivity (Wildman–Crippen MR) is 94.0 cm³/mol. The maximum atomic E-state index is 13.9. The summed E-state index contributed by atoms with van der Waals surface area (Å²) < 4.78 is 27.7. The van der Waals surface area contributed by atoms with Crippen LogP contribution in [-0.4, -0.2) is 57.6 Å². The van der Waals surface area contributed by atoms with E-state index in [0.717, 1.165) is 32.0 Å². The van der Waals surface area contributed by atoms with Gasteiger partial charge in [-0.3, -0.25) is 9.69 Å². The Labute approximate surface area is 156 Å². The highest BCUT2D eigenvalue weighted by molar-refractivity contribution is 5.92. The normalized spacial score (nSPS) is 31.8. The SMILES string of the molecule is O=C(c1cccnn1)N1C[C@@H](c2cc(F)cc(F)c2)[C@@H]2[C@H]1C1CCN2CC1. The van der Waals surface area contributed by atoms with Crippen molar-refractivity contribution in [1.82, 2.24) is 20.0 Å². The van der Waals surface area contributed by atoms with E-state index in [4.69, 9.17) is 0 Å². The molecular weight excluding hydrogens is 350 g/mol. The number of fused-ring (bicyclic) bond motifs is 2. The molecule has 27 heavy (non-hydrogen) atoms. The number of piperidine rings is 3. The summed E-state index contributed by atoms with van der Waals surface area (Å²) in [6, 6.07) is 7.23. The Kier molecular flexibility index (Phi) is 3.93. The van der Waals surface area contributed by atoms with Crippen molar-refractivity contribution < 1.29 is 13.6 Å². The number of hydrogen-bond acceptors (Lipinski definition) is 4. The smallest absolute Gasteiger partial charge is 0.274 e. The molecule has 140 valence electrons. The number of aromatic nitrogens is 2. The van der Waals surface area contributed by atoms with Gasteiger partial charge in [-0.05, 0) is 61.7 Å². The van der Waals surface area contributed by atoms with Crippen LogP contribution in [0.4, 0.5) is 8.78 Å². The van der Waals surface area contributed by atoms with Gasteiger partial charge in [-0.15, -0.1) is 5.10 Å². The van der Waals surface area contributed by atoms with Crippen molar-refractivity contribution in [3.8, 4) is 0 Å². The minimum Gasteiger partial charge on any atom is -0.332 e. The van der Waals surface area contributed by atoms with Crippen LogP contribution in [0, 0.1) is 17.6 Å². The summed E-state index contributed by atoms with van der Waals surface area (Å²) in [7, 11) is 0. The predicted octanol–water partition coefficient (Wildman–Crippen LogP) is 2.46. The average Bonchev–Trinajstić information content (AvgIpc) is 3.11. The second kappa shape index (κ2) is 6.34. The van der Waals surface area contributed by atoms with Gasteiger partial charge >= 0.3 is 0 Å². The van der Waals surface area contributed by atoms with Gasteiger partial charge in [0, 0.05) is 30.8 Å². The number of likely N-dealkylation sites (tertiary alicyclic amines) is 1. The lowest BCUT2D eigenvalue weighted by Crippen LogP contribution is -2.60. The highest BCUT2D eigenvalue weighted by atomic mass is 19.1. The molecule has 4 aliphatic rings. The van der Waals surface area contributed by atoms with Crippen LogP contribution in [0.3, 0.4) is 0 Å². The highest BCUT2D eigenvalue weighted by Crippen LogP contribution is 2.47. The van der Waals surface area contributed by atoms with Crippen LogP contribution >= 0.6 is 0 Å². The molecule has 1 aromatic carbocycles. The van der Waals surface area contributed by atoms with E-state index in [0.29, 0.717) is 23.7 Å². The zero-order valence-electron chi connectivity index (χ0n) is 14.8. The molecule has 7 heteroatoms. The Morgan fingerprint density at radius 2 is 1.81 bits per heavy atom. The van der Waals surface area contributed by atoms with E-state index < -0.39 is 11.6 Å². The Morgan fingerprint density at radius 1 is 1.07 bits per heavy atom. The summed E-state index contributed by atoms with van der Waals surface area (Å²) >= 11 is 0. The van der Waals surface area contributed by atoms with E-state index >= 15 is 0 Å². The van der Waals surface area contributed by atoms with Crippen LogP contribution < -0.4 is 0 Å². The number of nitrogens with zero attached hydrogens (tertiary/aromatic N) is 4. The molecule has 2 aromatic rings. The van der Waals surface area contributed by atoms with Gasteiger partial charge in [0.25, 0.3) is 5.91 Å². The molecule has 3 atom stereocenters. The third kappa shape index (κ3) is 2.72. The molecule has 6 rings (SSSR count). The maximum Gasteiger partial charge on any atom is 0.274 e. The van der Waals surface area contributed by atoms with E-state index in [1.807, 2.05) is 4.90 Å². The molecule has 2 bridgehead atoms. The standard InChI is InChI=1S/C20H20F2N4O/c21-14-8-13(9-15(22)10-14)16-11-26(20(27)17-2-1-5-23-24-17)18-12-3-6-25(7-4-12)19(16)18/h1-2,5,8-10,12,16,18-19H,3-4,6-7,11H2/t16-,18+,19+/m0/s1. The third-order valence-electron chi connectivity index (χ3n) is 6.36. The van der Waals surface area contributed by atoms with Crippen LogP contribution in [0.1, 0.15) is 34.8 Å². The molecule has 1 aromatic heterocycles. The van der Waals surface area contributed by atoms with Gasteiger partial charge in [0.05, 0.1) is 6.04 Å². The lowest BCUT2D eigenvalue weighted by Gasteiger charge is -2.51. The molecule has 4 saturated heterocycles. The van der Waals surface area contributed by atoms with E-state index in [2.05, 4.69) is 15.1 Å². The fourth-order valence-corrected chi connectivity index (χ4v) is 5.30. The Morgan fingerprint density at radius 3 is 2.48 bits per heavy atom. The van der Waals surface area contributed by atoms with Gasteiger partial charge in [-0.2, -0.15) is 5.10 Å². The maximum absolute atomic E-state index is 13.9. The summed E-state index contributed by atoms with van der Waals surface area (Å²) in [4.78, 5) is 17.4. The summed E-state index contributed by atoms with van der Waals surface area (Å²) in [6.45, 7) is 2.40. The quantitative estimate of drug-likeness (QED) is 0.815. The summed E-state index contributed by atoms with van der Waals surface area (Å²) in [5, 5.41) is 7.80. The number of benzene rings is 1. The molecule has 1 amide bonds. The fraction of sp³-hybridized carbons (Fsp3) is 0.450. The minimum atomic E-state index is -0.573. The minimum absolute atomic E-state index is 0.0540.